The maximum Gasteiger partial charge on any atom is 0.164 e. The van der Waals surface area contributed by atoms with Gasteiger partial charge in [0.1, 0.15) is 6.10 Å². The summed E-state index contributed by atoms with van der Waals surface area (Å²) in [4.78, 5) is 11.1. The predicted molar refractivity (Wildman–Crippen MR) is 40.8 cm³/mol. The number of aliphatic hydroxyl groups excluding tert-OH is 1. The summed E-state index contributed by atoms with van der Waals surface area (Å²) in [5.74, 6) is 0.0324. The van der Waals surface area contributed by atoms with Gasteiger partial charge in [-0.1, -0.05) is 13.8 Å². The lowest BCUT2D eigenvalue weighted by atomic mass is 9.95. The van der Waals surface area contributed by atoms with Crippen LogP contribution in [0.15, 0.2) is 0 Å². The average molecular weight is 144 g/mol. The van der Waals surface area contributed by atoms with E-state index in [1.165, 1.54) is 6.92 Å². The highest BCUT2D eigenvalue weighted by Crippen LogP contribution is 2.10. The van der Waals surface area contributed by atoms with E-state index in [2.05, 4.69) is 0 Å². The first-order valence-electron chi connectivity index (χ1n) is 3.85. The van der Waals surface area contributed by atoms with Crippen molar-refractivity contribution in [3.8, 4) is 0 Å². The van der Waals surface area contributed by atoms with Crippen LogP contribution in [0.2, 0.25) is 0 Å². The maximum absolute atomic E-state index is 11.1. The average Bonchev–Trinajstić information content (AvgIpc) is 1.90. The maximum atomic E-state index is 11.1. The SMILES string of the molecule is CCC(CC)C(=O)C(C)O. The van der Waals surface area contributed by atoms with Gasteiger partial charge in [0, 0.05) is 5.92 Å². The summed E-state index contributed by atoms with van der Waals surface area (Å²) in [5.41, 5.74) is 0. The zero-order valence-corrected chi connectivity index (χ0v) is 6.92. The number of carbonyl (C=O) groups is 1. The van der Waals surface area contributed by atoms with E-state index in [0.29, 0.717) is 0 Å². The lowest BCUT2D eigenvalue weighted by Gasteiger charge is -2.11. The number of ketones is 1. The minimum Gasteiger partial charge on any atom is -0.386 e. The Morgan fingerprint density at radius 2 is 1.80 bits per heavy atom. The van der Waals surface area contributed by atoms with Gasteiger partial charge in [0.15, 0.2) is 5.78 Å². The molecule has 1 unspecified atom stereocenters. The quantitative estimate of drug-likeness (QED) is 0.647. The molecule has 0 aromatic carbocycles. The Hall–Kier alpha value is -0.370. The second-order valence-electron chi connectivity index (χ2n) is 2.59. The highest BCUT2D eigenvalue weighted by Gasteiger charge is 2.17. The first kappa shape index (κ1) is 9.63. The summed E-state index contributed by atoms with van der Waals surface area (Å²) in [6.45, 7) is 5.46. The Balaban J connectivity index is 3.89. The zero-order chi connectivity index (χ0) is 8.15. The van der Waals surface area contributed by atoms with Crippen molar-refractivity contribution >= 4 is 5.78 Å². The van der Waals surface area contributed by atoms with Gasteiger partial charge in [-0.3, -0.25) is 4.79 Å². The summed E-state index contributed by atoms with van der Waals surface area (Å²) in [7, 11) is 0. The lowest BCUT2D eigenvalue weighted by molar-refractivity contribution is -0.130. The van der Waals surface area contributed by atoms with Crippen molar-refractivity contribution in [2.45, 2.75) is 39.7 Å². The molecule has 0 aromatic heterocycles. The molecule has 0 aliphatic rings. The third kappa shape index (κ3) is 2.48. The zero-order valence-electron chi connectivity index (χ0n) is 6.92. The molecule has 0 aliphatic carbocycles. The van der Waals surface area contributed by atoms with Crippen molar-refractivity contribution in [1.82, 2.24) is 0 Å². The number of hydrogen-bond acceptors (Lipinski definition) is 2. The molecule has 0 saturated heterocycles. The van der Waals surface area contributed by atoms with Gasteiger partial charge in [0.2, 0.25) is 0 Å². The van der Waals surface area contributed by atoms with Crippen molar-refractivity contribution in [2.75, 3.05) is 0 Å². The molecule has 2 nitrogen and oxygen atoms in total. The van der Waals surface area contributed by atoms with Crippen LogP contribution in [0, 0.1) is 5.92 Å². The Labute approximate surface area is 62.2 Å². The van der Waals surface area contributed by atoms with Crippen molar-refractivity contribution in [2.24, 2.45) is 5.92 Å². The molecule has 0 bridgehead atoms. The van der Waals surface area contributed by atoms with Crippen molar-refractivity contribution in [1.29, 1.82) is 0 Å². The largest absolute Gasteiger partial charge is 0.386 e. The third-order valence-corrected chi connectivity index (χ3v) is 1.80. The smallest absolute Gasteiger partial charge is 0.164 e. The van der Waals surface area contributed by atoms with Gasteiger partial charge in [0.25, 0.3) is 0 Å². The topological polar surface area (TPSA) is 37.3 Å². The summed E-state index contributed by atoms with van der Waals surface area (Å²) < 4.78 is 0. The second-order valence-corrected chi connectivity index (χ2v) is 2.59. The van der Waals surface area contributed by atoms with Gasteiger partial charge >= 0.3 is 0 Å². The number of Topliss-reactive ketones (excluding diaryl/α,β-unsaturated/α-hetero) is 1. The monoisotopic (exact) mass is 144 g/mol. The molecule has 0 rings (SSSR count). The molecule has 0 spiro atoms. The molecule has 0 aliphatic heterocycles. The number of aliphatic hydroxyl groups is 1. The van der Waals surface area contributed by atoms with Gasteiger partial charge in [-0.15, -0.1) is 0 Å². The van der Waals surface area contributed by atoms with Crippen LogP contribution in [-0.4, -0.2) is 17.0 Å². The highest BCUT2D eigenvalue weighted by molar-refractivity contribution is 5.84. The molecule has 1 atom stereocenters. The molecule has 0 aromatic rings. The fraction of sp³-hybridized carbons (Fsp3) is 0.875. The minimum absolute atomic E-state index is 0.0231. The molecule has 0 amide bonds. The number of hydrogen-bond donors (Lipinski definition) is 1. The van der Waals surface area contributed by atoms with Crippen molar-refractivity contribution in [3.05, 3.63) is 0 Å². The van der Waals surface area contributed by atoms with Crippen LogP contribution in [-0.2, 0) is 4.79 Å². The van der Waals surface area contributed by atoms with E-state index in [0.717, 1.165) is 12.8 Å². The number of carbonyl (C=O) groups excluding carboxylic acids is 1. The highest BCUT2D eigenvalue weighted by atomic mass is 16.3. The van der Waals surface area contributed by atoms with Gasteiger partial charge in [-0.2, -0.15) is 0 Å². The van der Waals surface area contributed by atoms with Crippen LogP contribution in [0.25, 0.3) is 0 Å². The lowest BCUT2D eigenvalue weighted by Crippen LogP contribution is -2.24. The molecule has 60 valence electrons. The predicted octanol–water partition coefficient (Wildman–Crippen LogP) is 1.37. The van der Waals surface area contributed by atoms with Crippen LogP contribution >= 0.6 is 0 Å². The van der Waals surface area contributed by atoms with Crippen LogP contribution in [0.5, 0.6) is 0 Å². The van der Waals surface area contributed by atoms with Gasteiger partial charge in [-0.25, -0.2) is 0 Å². The molecule has 0 fully saturated rings. The van der Waals surface area contributed by atoms with Crippen molar-refractivity contribution < 1.29 is 9.90 Å². The molecule has 0 saturated carbocycles. The Morgan fingerprint density at radius 1 is 1.40 bits per heavy atom. The van der Waals surface area contributed by atoms with E-state index in [-0.39, 0.29) is 11.7 Å². The fourth-order valence-electron chi connectivity index (χ4n) is 1.03. The molecule has 10 heavy (non-hydrogen) atoms. The van der Waals surface area contributed by atoms with Crippen LogP contribution in [0.3, 0.4) is 0 Å². The van der Waals surface area contributed by atoms with Gasteiger partial charge in [0.05, 0.1) is 0 Å². The Bertz CT molecular complexity index is 104. The first-order chi connectivity index (χ1) is 4.63. The molecular formula is C8H16O2. The Kier molecular flexibility index (Phi) is 4.28. The van der Waals surface area contributed by atoms with Crippen LogP contribution in [0.4, 0.5) is 0 Å². The van der Waals surface area contributed by atoms with Crippen LogP contribution in [0.1, 0.15) is 33.6 Å². The summed E-state index contributed by atoms with van der Waals surface area (Å²) in [5, 5.41) is 8.90. The molecule has 0 heterocycles. The van der Waals surface area contributed by atoms with E-state index in [4.69, 9.17) is 5.11 Å². The van der Waals surface area contributed by atoms with E-state index >= 15 is 0 Å². The van der Waals surface area contributed by atoms with Crippen molar-refractivity contribution in [3.63, 3.8) is 0 Å². The summed E-state index contributed by atoms with van der Waals surface area (Å²) in [6, 6.07) is 0. The molecule has 1 N–H and O–H groups in total. The summed E-state index contributed by atoms with van der Waals surface area (Å²) >= 11 is 0. The summed E-state index contributed by atoms with van der Waals surface area (Å²) in [6.07, 6.45) is 0.880. The first-order valence-corrected chi connectivity index (χ1v) is 3.85. The van der Waals surface area contributed by atoms with E-state index in [1.807, 2.05) is 13.8 Å². The van der Waals surface area contributed by atoms with Crippen LogP contribution < -0.4 is 0 Å². The third-order valence-electron chi connectivity index (χ3n) is 1.80. The standard InChI is InChI=1S/C8H16O2/c1-4-7(5-2)8(10)6(3)9/h6-7,9H,4-5H2,1-3H3. The second kappa shape index (κ2) is 4.45. The van der Waals surface area contributed by atoms with E-state index < -0.39 is 6.10 Å². The number of rotatable bonds is 4. The van der Waals surface area contributed by atoms with E-state index in [1.54, 1.807) is 0 Å². The molecular weight excluding hydrogens is 128 g/mol. The minimum atomic E-state index is -0.787. The van der Waals surface area contributed by atoms with Gasteiger partial charge in [-0.05, 0) is 19.8 Å². The fourth-order valence-corrected chi connectivity index (χ4v) is 1.03. The van der Waals surface area contributed by atoms with Gasteiger partial charge < -0.3 is 5.11 Å². The normalized spacial score (nSPS) is 13.7. The van der Waals surface area contributed by atoms with E-state index in [9.17, 15) is 4.79 Å². The Morgan fingerprint density at radius 3 is 1.90 bits per heavy atom. The molecule has 0 radical (unpaired) electrons. The molecule has 2 heteroatoms.